The van der Waals surface area contributed by atoms with Crippen molar-refractivity contribution in [3.05, 3.63) is 82.5 Å². The van der Waals surface area contributed by atoms with E-state index in [1.807, 2.05) is 44.2 Å². The molecule has 198 valence electrons. The summed E-state index contributed by atoms with van der Waals surface area (Å²) >= 11 is 0. The second-order valence-corrected chi connectivity index (χ2v) is 9.03. The van der Waals surface area contributed by atoms with Crippen LogP contribution in [0.2, 0.25) is 0 Å². The third kappa shape index (κ3) is 6.89. The zero-order valence-electron chi connectivity index (χ0n) is 20.0. The molecule has 2 amide bonds. The number of nitrogens with zero attached hydrogens (tertiary/aromatic N) is 1. The van der Waals surface area contributed by atoms with Crippen LogP contribution in [0.15, 0.2) is 54.6 Å². The first-order valence-corrected chi connectivity index (χ1v) is 11.1. The van der Waals surface area contributed by atoms with Gasteiger partial charge < -0.3 is 10.6 Å². The summed E-state index contributed by atoms with van der Waals surface area (Å²) in [6.45, 7) is 5.24. The van der Waals surface area contributed by atoms with Crippen LogP contribution in [-0.4, -0.2) is 28.1 Å². The molecule has 1 atom stereocenters. The fraction of sp³-hybridized carbons (Fsp3) is 0.320. The molecule has 6 nitrogen and oxygen atoms in total. The van der Waals surface area contributed by atoms with Gasteiger partial charge in [0.25, 0.3) is 0 Å². The maximum absolute atomic E-state index is 13.0. The minimum Gasteiger partial charge on any atom is -0.344 e. The van der Waals surface area contributed by atoms with Crippen molar-refractivity contribution in [2.24, 2.45) is 0 Å². The van der Waals surface area contributed by atoms with Crippen LogP contribution >= 0.6 is 0 Å². The average molecular weight is 526 g/mol. The first-order chi connectivity index (χ1) is 17.1. The number of amides is 2. The zero-order chi connectivity index (χ0) is 27.6. The number of benzene rings is 2. The Labute approximate surface area is 208 Å². The topological polar surface area (TPSA) is 86.9 Å². The van der Waals surface area contributed by atoms with E-state index in [2.05, 4.69) is 20.8 Å². The molecule has 0 saturated heterocycles. The quantitative estimate of drug-likeness (QED) is 0.358. The highest BCUT2D eigenvalue weighted by Crippen LogP contribution is 2.36. The van der Waals surface area contributed by atoms with E-state index in [0.717, 1.165) is 5.56 Å². The molecule has 12 heteroatoms. The van der Waals surface area contributed by atoms with Gasteiger partial charge in [0.1, 0.15) is 6.04 Å². The fourth-order valence-corrected chi connectivity index (χ4v) is 3.62. The van der Waals surface area contributed by atoms with Crippen LogP contribution < -0.4 is 10.6 Å². The Morgan fingerprint density at radius 2 is 1.46 bits per heavy atom. The normalized spacial score (nSPS) is 13.2. The summed E-state index contributed by atoms with van der Waals surface area (Å²) in [5.74, 6) is -1.43. The summed E-state index contributed by atoms with van der Waals surface area (Å²) in [5, 5.41) is 11.7. The molecule has 1 aromatic heterocycles. The number of halogens is 6. The Hall–Kier alpha value is -3.83. The minimum absolute atomic E-state index is 0.0192. The number of carbonyl (C=O) groups is 2. The molecule has 37 heavy (non-hydrogen) atoms. The Balaban J connectivity index is 1.66. The third-order valence-electron chi connectivity index (χ3n) is 5.78. The SMILES string of the molecule is CC(NC(=O)Cc1cc(C(F)(F)F)cc(C(F)(F)F)c1)C(=O)Nc1cc(C(C)(C)c2ccccc2)[nH]n1. The molecule has 0 aliphatic heterocycles. The van der Waals surface area contributed by atoms with Gasteiger partial charge in [-0.05, 0) is 36.2 Å². The number of carbonyl (C=O) groups excluding carboxylic acids is 2. The van der Waals surface area contributed by atoms with Gasteiger partial charge in [0, 0.05) is 17.2 Å². The van der Waals surface area contributed by atoms with Crippen molar-refractivity contribution < 1.29 is 35.9 Å². The van der Waals surface area contributed by atoms with E-state index >= 15 is 0 Å². The lowest BCUT2D eigenvalue weighted by Gasteiger charge is -2.23. The summed E-state index contributed by atoms with van der Waals surface area (Å²) in [7, 11) is 0. The number of nitrogens with one attached hydrogen (secondary N) is 3. The molecule has 1 unspecified atom stereocenters. The van der Waals surface area contributed by atoms with Crippen LogP contribution in [0.25, 0.3) is 0 Å². The van der Waals surface area contributed by atoms with Crippen molar-refractivity contribution >= 4 is 17.6 Å². The van der Waals surface area contributed by atoms with Crippen LogP contribution in [0.3, 0.4) is 0 Å². The Morgan fingerprint density at radius 3 is 2.00 bits per heavy atom. The lowest BCUT2D eigenvalue weighted by molar-refractivity contribution is -0.143. The Morgan fingerprint density at radius 1 is 0.892 bits per heavy atom. The highest BCUT2D eigenvalue weighted by atomic mass is 19.4. The smallest absolute Gasteiger partial charge is 0.344 e. The van der Waals surface area contributed by atoms with Crippen molar-refractivity contribution in [1.82, 2.24) is 15.5 Å². The van der Waals surface area contributed by atoms with Gasteiger partial charge in [0.05, 0.1) is 17.5 Å². The van der Waals surface area contributed by atoms with Gasteiger partial charge in [0.15, 0.2) is 5.82 Å². The van der Waals surface area contributed by atoms with Gasteiger partial charge in [-0.2, -0.15) is 31.4 Å². The largest absolute Gasteiger partial charge is 0.416 e. The monoisotopic (exact) mass is 526 g/mol. The molecule has 0 aliphatic rings. The van der Waals surface area contributed by atoms with Gasteiger partial charge in [-0.1, -0.05) is 44.2 Å². The highest BCUT2D eigenvalue weighted by molar-refractivity contribution is 5.96. The summed E-state index contributed by atoms with van der Waals surface area (Å²) in [6, 6.07) is 11.0. The van der Waals surface area contributed by atoms with E-state index in [0.29, 0.717) is 17.8 Å². The van der Waals surface area contributed by atoms with Gasteiger partial charge >= 0.3 is 12.4 Å². The number of aromatic nitrogens is 2. The number of hydrogen-bond donors (Lipinski definition) is 3. The van der Waals surface area contributed by atoms with Crippen LogP contribution in [0.4, 0.5) is 32.2 Å². The van der Waals surface area contributed by atoms with E-state index < -0.39 is 58.7 Å². The van der Waals surface area contributed by atoms with Crippen molar-refractivity contribution in [3.8, 4) is 0 Å². The standard InChI is InChI=1S/C25H24F6N4O2/c1-14(22(37)33-20-13-19(34-35-20)23(2,3)16-7-5-4-6-8-16)32-21(36)11-15-9-17(24(26,27)28)12-18(10-15)25(29,30)31/h4-10,12-14H,11H2,1-3H3,(H,32,36)(H2,33,34,35,37). The first kappa shape index (κ1) is 27.8. The summed E-state index contributed by atoms with van der Waals surface area (Å²) in [5.41, 5.74) is -2.30. The van der Waals surface area contributed by atoms with Crippen molar-refractivity contribution in [3.63, 3.8) is 0 Å². The molecule has 3 rings (SSSR count). The van der Waals surface area contributed by atoms with Crippen LogP contribution in [0, 0.1) is 0 Å². The first-order valence-electron chi connectivity index (χ1n) is 11.1. The van der Waals surface area contributed by atoms with E-state index in [9.17, 15) is 35.9 Å². The molecule has 0 radical (unpaired) electrons. The second kappa shape index (κ2) is 10.3. The summed E-state index contributed by atoms with van der Waals surface area (Å²) in [6.07, 6.45) is -10.9. The molecule has 0 aliphatic carbocycles. The van der Waals surface area contributed by atoms with Gasteiger partial charge in [0.2, 0.25) is 11.8 Å². The zero-order valence-corrected chi connectivity index (χ0v) is 20.0. The second-order valence-electron chi connectivity index (χ2n) is 9.03. The molecule has 3 N–H and O–H groups in total. The van der Waals surface area contributed by atoms with Crippen molar-refractivity contribution in [2.75, 3.05) is 5.32 Å². The minimum atomic E-state index is -5.03. The Kier molecular flexibility index (Phi) is 7.70. The lowest BCUT2D eigenvalue weighted by Crippen LogP contribution is -2.42. The van der Waals surface area contributed by atoms with E-state index in [1.54, 1.807) is 6.07 Å². The number of alkyl halides is 6. The molecule has 0 saturated carbocycles. The van der Waals surface area contributed by atoms with E-state index in [-0.39, 0.29) is 11.9 Å². The number of rotatable bonds is 7. The highest BCUT2D eigenvalue weighted by Gasteiger charge is 2.37. The lowest BCUT2D eigenvalue weighted by atomic mass is 9.82. The van der Waals surface area contributed by atoms with Crippen molar-refractivity contribution in [1.29, 1.82) is 0 Å². The molecular formula is C25H24F6N4O2. The number of hydrogen-bond acceptors (Lipinski definition) is 3. The van der Waals surface area contributed by atoms with E-state index in [1.165, 1.54) is 6.92 Å². The number of aromatic amines is 1. The molecule has 0 spiro atoms. The van der Waals surface area contributed by atoms with Gasteiger partial charge in [-0.25, -0.2) is 0 Å². The van der Waals surface area contributed by atoms with Gasteiger partial charge in [-0.15, -0.1) is 0 Å². The molecule has 1 heterocycles. The van der Waals surface area contributed by atoms with E-state index in [4.69, 9.17) is 0 Å². The maximum atomic E-state index is 13.0. The predicted molar refractivity (Wildman–Crippen MR) is 124 cm³/mol. The predicted octanol–water partition coefficient (Wildman–Crippen LogP) is 5.46. The molecule has 2 aromatic carbocycles. The molecule has 3 aromatic rings. The maximum Gasteiger partial charge on any atom is 0.416 e. The van der Waals surface area contributed by atoms with Crippen LogP contribution in [0.1, 0.15) is 48.7 Å². The number of anilines is 1. The average Bonchev–Trinajstić information content (AvgIpc) is 3.27. The molecule has 0 fully saturated rings. The summed E-state index contributed by atoms with van der Waals surface area (Å²) in [4.78, 5) is 24.8. The van der Waals surface area contributed by atoms with Crippen LogP contribution in [0.5, 0.6) is 0 Å². The summed E-state index contributed by atoms with van der Waals surface area (Å²) < 4.78 is 78.2. The fourth-order valence-electron chi connectivity index (χ4n) is 3.62. The van der Waals surface area contributed by atoms with Crippen LogP contribution in [-0.2, 0) is 33.8 Å². The van der Waals surface area contributed by atoms with Crippen molar-refractivity contribution in [2.45, 2.75) is 51.0 Å². The molecule has 0 bridgehead atoms. The molecular weight excluding hydrogens is 502 g/mol. The Bertz CT molecular complexity index is 1230. The number of H-pyrrole nitrogens is 1. The third-order valence-corrected chi connectivity index (χ3v) is 5.78. The van der Waals surface area contributed by atoms with Gasteiger partial charge in [-0.3, -0.25) is 14.7 Å².